The molecule has 8 nitrogen and oxygen atoms in total. The van der Waals surface area contributed by atoms with Crippen LogP contribution in [-0.4, -0.2) is 56.2 Å². The lowest BCUT2D eigenvalue weighted by molar-refractivity contribution is -0.153. The van der Waals surface area contributed by atoms with Crippen molar-refractivity contribution in [3.8, 4) is 5.75 Å². The van der Waals surface area contributed by atoms with Gasteiger partial charge in [-0.05, 0) is 31.5 Å². The lowest BCUT2D eigenvalue weighted by atomic mass is 10.2. The van der Waals surface area contributed by atoms with Gasteiger partial charge in [-0.25, -0.2) is 0 Å². The Hall–Kier alpha value is -3.21. The van der Waals surface area contributed by atoms with Gasteiger partial charge in [-0.2, -0.15) is 18.3 Å². The predicted molar refractivity (Wildman–Crippen MR) is 106 cm³/mol. The molecule has 1 atom stereocenters. The number of aryl methyl sites for hydroxylation is 1. The number of carbonyl (C=O) groups excluding carboxylic acids is 1. The first-order valence-corrected chi connectivity index (χ1v) is 9.51. The zero-order valence-electron chi connectivity index (χ0n) is 17.0. The molecule has 0 saturated carbocycles. The summed E-state index contributed by atoms with van der Waals surface area (Å²) in [6.07, 6.45) is 0.187. The lowest BCUT2D eigenvalue weighted by Gasteiger charge is -2.11. The largest absolute Gasteiger partial charge is 0.482 e. The van der Waals surface area contributed by atoms with Gasteiger partial charge in [-0.15, -0.1) is 0 Å². The van der Waals surface area contributed by atoms with Crippen molar-refractivity contribution in [2.75, 3.05) is 13.2 Å². The molecule has 0 aliphatic heterocycles. The van der Waals surface area contributed by atoms with Crippen molar-refractivity contribution in [2.45, 2.75) is 39.0 Å². The van der Waals surface area contributed by atoms with E-state index in [1.54, 1.807) is 43.1 Å². The number of carbonyl (C=O) groups is 1. The Bertz CT molecular complexity index is 1070. The van der Waals surface area contributed by atoms with E-state index in [0.29, 0.717) is 27.9 Å². The number of aliphatic hydroxyl groups excluding tert-OH is 1. The number of nitrogens with one attached hydrogen (secondary N) is 1. The first kappa shape index (κ1) is 22.5. The Morgan fingerprint density at radius 1 is 1.35 bits per heavy atom. The number of alkyl halides is 3. The van der Waals surface area contributed by atoms with Crippen molar-refractivity contribution >= 4 is 16.8 Å². The molecule has 0 bridgehead atoms. The van der Waals surface area contributed by atoms with Gasteiger partial charge in [0.15, 0.2) is 6.61 Å². The average Bonchev–Trinajstić information content (AvgIpc) is 3.10. The number of ether oxygens (including phenoxy) is 1. The zero-order chi connectivity index (χ0) is 22.6. The van der Waals surface area contributed by atoms with Crippen LogP contribution in [0.25, 0.3) is 10.9 Å². The summed E-state index contributed by atoms with van der Waals surface area (Å²) in [5.74, 6) is -0.192. The molecule has 3 heterocycles. The number of fused-ring (bicyclic) bond motifs is 1. The molecule has 0 unspecified atom stereocenters. The third kappa shape index (κ3) is 6.14. The van der Waals surface area contributed by atoms with Gasteiger partial charge in [-0.1, -0.05) is 0 Å². The highest BCUT2D eigenvalue weighted by molar-refractivity contribution is 5.86. The van der Waals surface area contributed by atoms with Crippen LogP contribution >= 0.6 is 0 Å². The molecular formula is C20H22F3N5O3. The number of halogens is 3. The van der Waals surface area contributed by atoms with Crippen molar-refractivity contribution in [3.05, 3.63) is 47.7 Å². The van der Waals surface area contributed by atoms with Crippen LogP contribution in [0.3, 0.4) is 0 Å². The van der Waals surface area contributed by atoms with Crippen LogP contribution in [0.5, 0.6) is 5.75 Å². The Balaban J connectivity index is 1.74. The molecule has 0 aromatic carbocycles. The minimum Gasteiger partial charge on any atom is -0.482 e. The Morgan fingerprint density at radius 3 is 2.81 bits per heavy atom. The zero-order valence-corrected chi connectivity index (χ0v) is 17.0. The number of rotatable bonds is 8. The van der Waals surface area contributed by atoms with Gasteiger partial charge in [0.05, 0.1) is 42.7 Å². The summed E-state index contributed by atoms with van der Waals surface area (Å²) in [6, 6.07) is 3.00. The summed E-state index contributed by atoms with van der Waals surface area (Å²) in [6.45, 7) is 2.08. The van der Waals surface area contributed by atoms with Gasteiger partial charge in [-0.3, -0.25) is 19.4 Å². The molecule has 166 valence electrons. The molecule has 0 fully saturated rings. The van der Waals surface area contributed by atoms with Crippen molar-refractivity contribution in [1.82, 2.24) is 25.1 Å². The fourth-order valence-electron chi connectivity index (χ4n) is 2.96. The second-order valence-corrected chi connectivity index (χ2v) is 7.19. The van der Waals surface area contributed by atoms with E-state index >= 15 is 0 Å². The van der Waals surface area contributed by atoms with Gasteiger partial charge in [0.25, 0.3) is 0 Å². The number of hydrogen-bond acceptors (Lipinski definition) is 6. The van der Waals surface area contributed by atoms with Gasteiger partial charge in [0.2, 0.25) is 5.91 Å². The van der Waals surface area contributed by atoms with Crippen molar-refractivity contribution in [2.24, 2.45) is 0 Å². The molecule has 11 heteroatoms. The van der Waals surface area contributed by atoms with E-state index in [1.165, 1.54) is 6.20 Å². The molecule has 0 spiro atoms. The molecule has 0 aliphatic carbocycles. The predicted octanol–water partition coefficient (Wildman–Crippen LogP) is 2.16. The molecule has 1 amide bonds. The fourth-order valence-corrected chi connectivity index (χ4v) is 2.96. The monoisotopic (exact) mass is 437 g/mol. The molecule has 0 saturated heterocycles. The van der Waals surface area contributed by atoms with E-state index in [0.717, 1.165) is 0 Å². The SMILES string of the molecule is Cc1cc(Cn2cc3c(CC(=O)N[C@@H](C)CO)nccc3n2)ncc1OCC(F)(F)F. The highest BCUT2D eigenvalue weighted by Gasteiger charge is 2.28. The highest BCUT2D eigenvalue weighted by Crippen LogP contribution is 2.22. The lowest BCUT2D eigenvalue weighted by Crippen LogP contribution is -2.36. The number of aromatic nitrogens is 4. The van der Waals surface area contributed by atoms with E-state index < -0.39 is 12.8 Å². The minimum absolute atomic E-state index is 0.0377. The maximum Gasteiger partial charge on any atom is 0.422 e. The molecule has 0 aliphatic rings. The highest BCUT2D eigenvalue weighted by atomic mass is 19.4. The van der Waals surface area contributed by atoms with E-state index in [4.69, 9.17) is 9.84 Å². The molecule has 3 aromatic heterocycles. The second-order valence-electron chi connectivity index (χ2n) is 7.19. The molecule has 3 aromatic rings. The first-order chi connectivity index (χ1) is 14.6. The number of nitrogens with zero attached hydrogens (tertiary/aromatic N) is 4. The summed E-state index contributed by atoms with van der Waals surface area (Å²) < 4.78 is 43.4. The van der Waals surface area contributed by atoms with Gasteiger partial charge >= 0.3 is 6.18 Å². The second kappa shape index (κ2) is 9.29. The molecule has 31 heavy (non-hydrogen) atoms. The quantitative estimate of drug-likeness (QED) is 0.560. The summed E-state index contributed by atoms with van der Waals surface area (Å²) in [5, 5.41) is 16.9. The van der Waals surface area contributed by atoms with Crippen molar-refractivity contribution in [1.29, 1.82) is 0 Å². The van der Waals surface area contributed by atoms with Crippen LogP contribution in [0, 0.1) is 6.92 Å². The maximum atomic E-state index is 12.3. The Kier molecular flexibility index (Phi) is 6.74. The van der Waals surface area contributed by atoms with Gasteiger partial charge in [0, 0.05) is 23.8 Å². The smallest absolute Gasteiger partial charge is 0.422 e. The van der Waals surface area contributed by atoms with Crippen LogP contribution in [0.4, 0.5) is 13.2 Å². The van der Waals surface area contributed by atoms with Gasteiger partial charge in [0.1, 0.15) is 5.75 Å². The standard InChI is InChI=1S/C20H22F3N5O3/c1-12-5-14(25-7-18(12)31-11-20(21,22)23)8-28-9-15-16(27-28)3-4-24-17(15)6-19(30)26-13(2)10-29/h3-5,7,9,13,29H,6,8,10-11H2,1-2H3,(H,26,30)/t13-/m0/s1. The first-order valence-electron chi connectivity index (χ1n) is 9.51. The Morgan fingerprint density at radius 2 is 2.13 bits per heavy atom. The topological polar surface area (TPSA) is 102 Å². The number of aliphatic hydroxyl groups is 1. The number of amides is 1. The van der Waals surface area contributed by atoms with Crippen molar-refractivity contribution < 1.29 is 27.8 Å². The van der Waals surface area contributed by atoms with Crippen LogP contribution in [0.2, 0.25) is 0 Å². The normalized spacial score (nSPS) is 12.7. The number of hydrogen-bond donors (Lipinski definition) is 2. The molecular weight excluding hydrogens is 415 g/mol. The summed E-state index contributed by atoms with van der Waals surface area (Å²) in [7, 11) is 0. The van der Waals surface area contributed by atoms with Crippen LogP contribution in [-0.2, 0) is 17.8 Å². The molecule has 0 radical (unpaired) electrons. The number of pyridine rings is 2. The molecule has 3 rings (SSSR count). The average molecular weight is 437 g/mol. The van der Waals surface area contributed by atoms with E-state index in [9.17, 15) is 18.0 Å². The minimum atomic E-state index is -4.42. The van der Waals surface area contributed by atoms with Gasteiger partial charge < -0.3 is 15.2 Å². The molecule has 2 N–H and O–H groups in total. The summed E-state index contributed by atoms with van der Waals surface area (Å²) in [4.78, 5) is 20.6. The third-order valence-electron chi connectivity index (χ3n) is 4.41. The maximum absolute atomic E-state index is 12.3. The van der Waals surface area contributed by atoms with Crippen LogP contribution < -0.4 is 10.1 Å². The van der Waals surface area contributed by atoms with E-state index in [-0.39, 0.29) is 37.3 Å². The van der Waals surface area contributed by atoms with E-state index in [2.05, 4.69) is 20.4 Å². The Labute approximate surface area is 176 Å². The fraction of sp³-hybridized carbons (Fsp3) is 0.400. The third-order valence-corrected chi connectivity index (χ3v) is 4.41. The summed E-state index contributed by atoms with van der Waals surface area (Å²) in [5.41, 5.74) is 2.32. The van der Waals surface area contributed by atoms with Crippen LogP contribution in [0.15, 0.2) is 30.7 Å². The summed E-state index contributed by atoms with van der Waals surface area (Å²) >= 11 is 0. The van der Waals surface area contributed by atoms with Crippen molar-refractivity contribution in [3.63, 3.8) is 0 Å². The van der Waals surface area contributed by atoms with E-state index in [1.807, 2.05) is 0 Å². The van der Waals surface area contributed by atoms with Crippen LogP contribution in [0.1, 0.15) is 23.9 Å².